The fourth-order valence-corrected chi connectivity index (χ4v) is 2.85. The van der Waals surface area contributed by atoms with Crippen molar-refractivity contribution < 1.29 is 0 Å². The Morgan fingerprint density at radius 1 is 0.952 bits per heavy atom. The van der Waals surface area contributed by atoms with Crippen LogP contribution in [0.2, 0.25) is 0 Å². The van der Waals surface area contributed by atoms with Crippen LogP contribution in [0.25, 0.3) is 0 Å². The molecule has 1 aromatic carbocycles. The van der Waals surface area contributed by atoms with E-state index in [4.69, 9.17) is 0 Å². The van der Waals surface area contributed by atoms with E-state index in [2.05, 4.69) is 58.9 Å². The number of allylic oxidation sites excluding steroid dienone is 2. The van der Waals surface area contributed by atoms with Crippen LogP contribution in [0, 0.1) is 5.92 Å². The van der Waals surface area contributed by atoms with Crippen LogP contribution < -0.4 is 0 Å². The molecule has 0 unspecified atom stereocenters. The first-order valence-electron chi connectivity index (χ1n) is 8.80. The van der Waals surface area contributed by atoms with E-state index >= 15 is 0 Å². The second-order valence-electron chi connectivity index (χ2n) is 6.72. The molecule has 0 heterocycles. The Hall–Kier alpha value is -1.04. The predicted molar refractivity (Wildman–Crippen MR) is 96.0 cm³/mol. The van der Waals surface area contributed by atoms with Crippen LogP contribution in [0.5, 0.6) is 0 Å². The van der Waals surface area contributed by atoms with E-state index in [1.807, 2.05) is 0 Å². The summed E-state index contributed by atoms with van der Waals surface area (Å²) in [7, 11) is 0. The monoisotopic (exact) mass is 286 g/mol. The van der Waals surface area contributed by atoms with Crippen LogP contribution in [-0.2, 0) is 19.3 Å². The maximum absolute atomic E-state index is 2.41. The molecule has 1 atom stereocenters. The molecule has 1 aromatic rings. The molecule has 118 valence electrons. The van der Waals surface area contributed by atoms with Crippen LogP contribution in [0.4, 0.5) is 0 Å². The van der Waals surface area contributed by atoms with E-state index in [0.29, 0.717) is 0 Å². The van der Waals surface area contributed by atoms with Crippen molar-refractivity contribution in [2.24, 2.45) is 5.92 Å². The minimum atomic E-state index is 0.848. The smallest absolute Gasteiger partial charge is 0.0279 e. The summed E-state index contributed by atoms with van der Waals surface area (Å²) in [6.45, 7) is 11.3. The maximum Gasteiger partial charge on any atom is -0.0279 e. The Kier molecular flexibility index (Phi) is 8.42. The van der Waals surface area contributed by atoms with Crippen molar-refractivity contribution in [3.63, 3.8) is 0 Å². The number of benzene rings is 1. The fourth-order valence-electron chi connectivity index (χ4n) is 2.85. The van der Waals surface area contributed by atoms with Gasteiger partial charge in [0.15, 0.2) is 0 Å². The zero-order valence-electron chi connectivity index (χ0n) is 14.8. The zero-order chi connectivity index (χ0) is 15.7. The van der Waals surface area contributed by atoms with Crippen molar-refractivity contribution >= 4 is 0 Å². The van der Waals surface area contributed by atoms with Gasteiger partial charge >= 0.3 is 0 Å². The van der Waals surface area contributed by atoms with Gasteiger partial charge in [-0.1, -0.05) is 57.0 Å². The Morgan fingerprint density at radius 3 is 2.05 bits per heavy atom. The summed E-state index contributed by atoms with van der Waals surface area (Å²) in [5.74, 6) is 0.848. The van der Waals surface area contributed by atoms with Gasteiger partial charge in [-0.2, -0.15) is 0 Å². The van der Waals surface area contributed by atoms with Crippen LogP contribution in [0.15, 0.2) is 29.8 Å². The summed E-state index contributed by atoms with van der Waals surface area (Å²) in [6.07, 6.45) is 11.2. The average molecular weight is 287 g/mol. The average Bonchev–Trinajstić information content (AvgIpc) is 2.46. The van der Waals surface area contributed by atoms with Gasteiger partial charge in [0, 0.05) is 0 Å². The molecule has 0 aliphatic carbocycles. The van der Waals surface area contributed by atoms with Gasteiger partial charge in [-0.15, -0.1) is 0 Å². The molecule has 0 spiro atoms. The molecule has 0 aliphatic rings. The molecule has 0 amide bonds. The molecule has 21 heavy (non-hydrogen) atoms. The molecule has 0 fully saturated rings. The summed E-state index contributed by atoms with van der Waals surface area (Å²) in [5, 5.41) is 0. The second kappa shape index (κ2) is 9.82. The quantitative estimate of drug-likeness (QED) is 0.453. The molecular formula is C21H34. The third-order valence-corrected chi connectivity index (χ3v) is 4.30. The van der Waals surface area contributed by atoms with E-state index in [9.17, 15) is 0 Å². The molecule has 0 bridgehead atoms. The lowest BCUT2D eigenvalue weighted by atomic mass is 9.94. The molecule has 0 saturated carbocycles. The molecule has 0 radical (unpaired) electrons. The highest BCUT2D eigenvalue weighted by Gasteiger charge is 2.03. The SMILES string of the molecule is CCc1cc(CC)cc(CCC[C@@H](C)CCC=C(C)C)c1. The lowest BCUT2D eigenvalue weighted by Crippen LogP contribution is -1.97. The fraction of sp³-hybridized carbons (Fsp3) is 0.619. The number of hydrogen-bond acceptors (Lipinski definition) is 0. The third kappa shape index (κ3) is 7.50. The van der Waals surface area contributed by atoms with Crippen LogP contribution in [0.1, 0.15) is 77.0 Å². The normalized spacial score (nSPS) is 12.2. The Morgan fingerprint density at radius 2 is 1.52 bits per heavy atom. The molecule has 0 N–H and O–H groups in total. The minimum absolute atomic E-state index is 0.848. The molecule has 0 saturated heterocycles. The van der Waals surface area contributed by atoms with Gasteiger partial charge in [-0.3, -0.25) is 0 Å². The first-order chi connectivity index (χ1) is 10.0. The lowest BCUT2D eigenvalue weighted by molar-refractivity contribution is 0.478. The maximum atomic E-state index is 2.41. The molecule has 1 rings (SSSR count). The van der Waals surface area contributed by atoms with Crippen molar-refractivity contribution in [3.05, 3.63) is 46.5 Å². The number of aryl methyl sites for hydroxylation is 3. The third-order valence-electron chi connectivity index (χ3n) is 4.30. The van der Waals surface area contributed by atoms with Gasteiger partial charge < -0.3 is 0 Å². The second-order valence-corrected chi connectivity index (χ2v) is 6.72. The summed E-state index contributed by atoms with van der Waals surface area (Å²) < 4.78 is 0. The van der Waals surface area contributed by atoms with Crippen LogP contribution in [-0.4, -0.2) is 0 Å². The van der Waals surface area contributed by atoms with Crippen molar-refractivity contribution in [1.29, 1.82) is 0 Å². The Balaban J connectivity index is 2.39. The predicted octanol–water partition coefficient (Wildman–Crippen LogP) is 6.52. The Labute approximate surface area is 132 Å². The Bertz CT molecular complexity index is 413. The van der Waals surface area contributed by atoms with Gasteiger partial charge in [0.1, 0.15) is 0 Å². The van der Waals surface area contributed by atoms with Crippen molar-refractivity contribution in [3.8, 4) is 0 Å². The van der Waals surface area contributed by atoms with Crippen molar-refractivity contribution in [1.82, 2.24) is 0 Å². The van der Waals surface area contributed by atoms with Crippen LogP contribution >= 0.6 is 0 Å². The summed E-state index contributed by atoms with van der Waals surface area (Å²) in [5.41, 5.74) is 6.00. The van der Waals surface area contributed by atoms with Gasteiger partial charge in [-0.25, -0.2) is 0 Å². The van der Waals surface area contributed by atoms with E-state index in [-0.39, 0.29) is 0 Å². The number of hydrogen-bond donors (Lipinski definition) is 0. The summed E-state index contributed by atoms with van der Waals surface area (Å²) >= 11 is 0. The largest absolute Gasteiger partial charge is 0.0859 e. The molecule has 0 nitrogen and oxygen atoms in total. The van der Waals surface area contributed by atoms with E-state index in [1.54, 1.807) is 5.56 Å². The summed E-state index contributed by atoms with van der Waals surface area (Å²) in [6, 6.07) is 7.19. The molecule has 0 aromatic heterocycles. The zero-order valence-corrected chi connectivity index (χ0v) is 14.8. The van der Waals surface area contributed by atoms with E-state index < -0.39 is 0 Å². The van der Waals surface area contributed by atoms with Gasteiger partial charge in [0.25, 0.3) is 0 Å². The van der Waals surface area contributed by atoms with Crippen LogP contribution in [0.3, 0.4) is 0 Å². The topological polar surface area (TPSA) is 0 Å². The standard InChI is InChI=1S/C21H34/c1-6-19-14-20(7-2)16-21(15-19)13-9-12-18(5)11-8-10-17(3)4/h10,14-16,18H,6-9,11-13H2,1-5H3/t18-/m0/s1. The van der Waals surface area contributed by atoms with Crippen molar-refractivity contribution in [2.75, 3.05) is 0 Å². The highest BCUT2D eigenvalue weighted by Crippen LogP contribution is 2.18. The van der Waals surface area contributed by atoms with Gasteiger partial charge in [0.05, 0.1) is 0 Å². The summed E-state index contributed by atoms with van der Waals surface area (Å²) in [4.78, 5) is 0. The first-order valence-corrected chi connectivity index (χ1v) is 8.80. The van der Waals surface area contributed by atoms with Gasteiger partial charge in [-0.05, 0) is 75.0 Å². The highest BCUT2D eigenvalue weighted by molar-refractivity contribution is 5.30. The minimum Gasteiger partial charge on any atom is -0.0859 e. The van der Waals surface area contributed by atoms with Gasteiger partial charge in [0.2, 0.25) is 0 Å². The number of rotatable bonds is 9. The lowest BCUT2D eigenvalue weighted by Gasteiger charge is -2.11. The molecule has 0 aliphatic heterocycles. The highest BCUT2D eigenvalue weighted by atomic mass is 14.1. The first kappa shape index (κ1) is 18.0. The van der Waals surface area contributed by atoms with Crippen molar-refractivity contribution in [2.45, 2.75) is 79.6 Å². The molecular weight excluding hydrogens is 252 g/mol. The van der Waals surface area contributed by atoms with E-state index in [0.717, 1.165) is 18.8 Å². The van der Waals surface area contributed by atoms with E-state index in [1.165, 1.54) is 48.8 Å². The molecule has 0 heteroatoms.